The summed E-state index contributed by atoms with van der Waals surface area (Å²) in [5.41, 5.74) is 6.55. The van der Waals surface area contributed by atoms with E-state index in [9.17, 15) is 4.79 Å². The Morgan fingerprint density at radius 2 is 2.11 bits per heavy atom. The third-order valence-corrected chi connectivity index (χ3v) is 2.50. The van der Waals surface area contributed by atoms with Crippen LogP contribution in [0, 0.1) is 0 Å². The van der Waals surface area contributed by atoms with Gasteiger partial charge in [0.2, 0.25) is 5.91 Å². The van der Waals surface area contributed by atoms with Crippen LogP contribution in [0.1, 0.15) is 33.4 Å². The molecule has 0 radical (unpaired) electrons. The van der Waals surface area contributed by atoms with Gasteiger partial charge in [-0.05, 0) is 39.8 Å². The van der Waals surface area contributed by atoms with Crippen LogP contribution >= 0.6 is 12.2 Å². The van der Waals surface area contributed by atoms with Gasteiger partial charge in [0.05, 0.1) is 5.69 Å². The van der Waals surface area contributed by atoms with E-state index in [0.717, 1.165) is 5.69 Å². The Morgan fingerprint density at radius 1 is 1.47 bits per heavy atom. The molecule has 0 fully saturated rings. The zero-order chi connectivity index (χ0) is 14.6. The monoisotopic (exact) mass is 280 g/mol. The van der Waals surface area contributed by atoms with Gasteiger partial charge in [-0.25, -0.2) is 0 Å². The van der Waals surface area contributed by atoms with Gasteiger partial charge in [0.1, 0.15) is 11.0 Å². The Kier molecular flexibility index (Phi) is 4.83. The van der Waals surface area contributed by atoms with Gasteiger partial charge in [-0.15, -0.1) is 0 Å². The molecule has 0 saturated carbocycles. The van der Waals surface area contributed by atoms with Crippen LogP contribution in [-0.2, 0) is 4.79 Å². The van der Waals surface area contributed by atoms with Crippen LogP contribution in [0.2, 0.25) is 0 Å². The molecule has 1 rings (SSSR count). The predicted octanol–water partition coefficient (Wildman–Crippen LogP) is 1.43. The van der Waals surface area contributed by atoms with Crippen molar-refractivity contribution in [2.24, 2.45) is 5.73 Å². The third kappa shape index (κ3) is 5.21. The minimum Gasteiger partial charge on any atom is -0.388 e. The largest absolute Gasteiger partial charge is 0.388 e. The number of carbonyl (C=O) groups is 1. The van der Waals surface area contributed by atoms with Crippen molar-refractivity contribution in [2.45, 2.75) is 39.3 Å². The molecular formula is C13H20N4OS. The van der Waals surface area contributed by atoms with Crippen molar-refractivity contribution in [2.75, 3.05) is 5.32 Å². The first-order chi connectivity index (χ1) is 8.69. The predicted molar refractivity (Wildman–Crippen MR) is 81.1 cm³/mol. The maximum Gasteiger partial charge on any atom is 0.242 e. The van der Waals surface area contributed by atoms with Crippen LogP contribution in [0.5, 0.6) is 0 Å². The Labute approximate surface area is 119 Å². The highest BCUT2D eigenvalue weighted by Gasteiger charge is 2.19. The normalized spacial score (nSPS) is 12.6. The number of nitrogens with zero attached hydrogens (tertiary/aromatic N) is 1. The quantitative estimate of drug-likeness (QED) is 0.727. The highest BCUT2D eigenvalue weighted by atomic mass is 32.1. The lowest BCUT2D eigenvalue weighted by molar-refractivity contribution is -0.122. The van der Waals surface area contributed by atoms with Gasteiger partial charge >= 0.3 is 0 Å². The minimum atomic E-state index is -0.360. The summed E-state index contributed by atoms with van der Waals surface area (Å²) < 4.78 is 0. The number of nitrogens with one attached hydrogen (secondary N) is 2. The van der Waals surface area contributed by atoms with Crippen molar-refractivity contribution < 1.29 is 4.79 Å². The highest BCUT2D eigenvalue weighted by molar-refractivity contribution is 7.80. The molecule has 1 heterocycles. The zero-order valence-electron chi connectivity index (χ0n) is 11.7. The number of hydrogen-bond acceptors (Lipinski definition) is 4. The maximum absolute atomic E-state index is 11.9. The van der Waals surface area contributed by atoms with Gasteiger partial charge in [-0.2, -0.15) is 0 Å². The molecule has 1 aromatic rings. The van der Waals surface area contributed by atoms with Gasteiger partial charge in [0.25, 0.3) is 0 Å². The topological polar surface area (TPSA) is 80.0 Å². The number of thiocarbonyl (C=S) groups is 1. The third-order valence-electron chi connectivity index (χ3n) is 2.29. The highest BCUT2D eigenvalue weighted by Crippen LogP contribution is 2.10. The van der Waals surface area contributed by atoms with Crippen molar-refractivity contribution in [3.05, 3.63) is 24.0 Å². The number of nitrogens with two attached hydrogens (primary N) is 1. The van der Waals surface area contributed by atoms with Crippen molar-refractivity contribution >= 4 is 28.8 Å². The Bertz CT molecular complexity index is 482. The summed E-state index contributed by atoms with van der Waals surface area (Å²) in [6.07, 6.45) is 1.60. The molecule has 0 bridgehead atoms. The first-order valence-corrected chi connectivity index (χ1v) is 6.44. The van der Waals surface area contributed by atoms with Gasteiger partial charge in [-0.1, -0.05) is 12.2 Å². The van der Waals surface area contributed by atoms with Crippen molar-refractivity contribution in [3.8, 4) is 0 Å². The summed E-state index contributed by atoms with van der Waals surface area (Å²) in [6.45, 7) is 7.61. The van der Waals surface area contributed by atoms with Crippen molar-refractivity contribution in [1.82, 2.24) is 10.3 Å². The molecule has 4 N–H and O–H groups in total. The van der Waals surface area contributed by atoms with Gasteiger partial charge < -0.3 is 16.4 Å². The van der Waals surface area contributed by atoms with E-state index in [1.165, 1.54) is 0 Å². The number of hydrogen-bond donors (Lipinski definition) is 3. The van der Waals surface area contributed by atoms with Crippen LogP contribution in [-0.4, -0.2) is 27.5 Å². The number of rotatable bonds is 4. The molecule has 1 amide bonds. The van der Waals surface area contributed by atoms with E-state index in [1.807, 2.05) is 20.8 Å². The Morgan fingerprint density at radius 3 is 2.63 bits per heavy atom. The summed E-state index contributed by atoms with van der Waals surface area (Å²) in [6, 6.07) is 3.13. The van der Waals surface area contributed by atoms with Crippen LogP contribution in [0.15, 0.2) is 18.3 Å². The molecule has 0 aromatic carbocycles. The molecule has 19 heavy (non-hydrogen) atoms. The Balaban J connectivity index is 2.71. The molecular weight excluding hydrogens is 260 g/mol. The van der Waals surface area contributed by atoms with E-state index in [2.05, 4.69) is 15.6 Å². The second-order valence-corrected chi connectivity index (χ2v) is 5.84. The molecule has 104 valence electrons. The lowest BCUT2D eigenvalue weighted by Gasteiger charge is -2.24. The molecule has 1 atom stereocenters. The number of amides is 1. The maximum atomic E-state index is 11.9. The fraction of sp³-hybridized carbons (Fsp3) is 0.462. The van der Waals surface area contributed by atoms with Crippen LogP contribution in [0.25, 0.3) is 0 Å². The summed E-state index contributed by atoms with van der Waals surface area (Å²) in [5, 5.41) is 6.00. The molecule has 0 aliphatic rings. The fourth-order valence-corrected chi connectivity index (χ4v) is 1.56. The number of carbonyl (C=O) groups excluding carboxylic acids is 1. The summed E-state index contributed by atoms with van der Waals surface area (Å²) in [7, 11) is 0. The smallest absolute Gasteiger partial charge is 0.242 e. The van der Waals surface area contributed by atoms with E-state index in [-0.39, 0.29) is 22.5 Å². The molecule has 0 aliphatic carbocycles. The van der Waals surface area contributed by atoms with Gasteiger partial charge in [-0.3, -0.25) is 9.78 Å². The fourth-order valence-electron chi connectivity index (χ4n) is 1.45. The van der Waals surface area contributed by atoms with E-state index >= 15 is 0 Å². The molecule has 0 spiro atoms. The standard InChI is InChI=1S/C13H20N4OS/c1-8(12(18)17-13(2,3)4)16-9-5-6-15-10(7-9)11(14)19/h5-8H,1-4H3,(H2,14,19)(H,15,16)(H,17,18). The lowest BCUT2D eigenvalue weighted by Crippen LogP contribution is -2.47. The first-order valence-electron chi connectivity index (χ1n) is 6.03. The molecule has 5 nitrogen and oxygen atoms in total. The Hall–Kier alpha value is -1.69. The van der Waals surface area contributed by atoms with Crippen LogP contribution in [0.3, 0.4) is 0 Å². The summed E-state index contributed by atoms with van der Waals surface area (Å²) >= 11 is 4.87. The lowest BCUT2D eigenvalue weighted by atomic mass is 10.1. The SMILES string of the molecule is CC(Nc1ccnc(C(N)=S)c1)C(=O)NC(C)(C)C. The number of pyridine rings is 1. The van der Waals surface area contributed by atoms with Gasteiger partial charge in [0, 0.05) is 17.4 Å². The van der Waals surface area contributed by atoms with E-state index in [4.69, 9.17) is 18.0 Å². The second kappa shape index (κ2) is 5.97. The molecule has 1 unspecified atom stereocenters. The number of aromatic nitrogens is 1. The number of anilines is 1. The van der Waals surface area contributed by atoms with Gasteiger partial charge in [0.15, 0.2) is 0 Å². The average Bonchev–Trinajstić information content (AvgIpc) is 2.27. The van der Waals surface area contributed by atoms with E-state index < -0.39 is 0 Å². The summed E-state index contributed by atoms with van der Waals surface area (Å²) in [4.78, 5) is 16.2. The van der Waals surface area contributed by atoms with Crippen molar-refractivity contribution in [1.29, 1.82) is 0 Å². The average molecular weight is 280 g/mol. The second-order valence-electron chi connectivity index (χ2n) is 5.40. The van der Waals surface area contributed by atoms with E-state index in [1.54, 1.807) is 25.3 Å². The zero-order valence-corrected chi connectivity index (χ0v) is 12.5. The molecule has 0 saturated heterocycles. The van der Waals surface area contributed by atoms with E-state index in [0.29, 0.717) is 5.69 Å². The van der Waals surface area contributed by atoms with Crippen molar-refractivity contribution in [3.63, 3.8) is 0 Å². The molecule has 6 heteroatoms. The first kappa shape index (κ1) is 15.4. The van der Waals surface area contributed by atoms with Crippen LogP contribution < -0.4 is 16.4 Å². The molecule has 0 aliphatic heterocycles. The summed E-state index contributed by atoms with van der Waals surface area (Å²) in [5.74, 6) is -0.0683. The van der Waals surface area contributed by atoms with Crippen LogP contribution in [0.4, 0.5) is 5.69 Å². The molecule has 1 aromatic heterocycles. The minimum absolute atomic E-state index is 0.0683.